The van der Waals surface area contributed by atoms with E-state index in [2.05, 4.69) is 32.7 Å². The quantitative estimate of drug-likeness (QED) is 0.187. The highest BCUT2D eigenvalue weighted by atomic mass is 32.2. The van der Waals surface area contributed by atoms with Gasteiger partial charge in [0, 0.05) is 24.2 Å². The number of aldehydes is 1. The van der Waals surface area contributed by atoms with Crippen LogP contribution in [0.15, 0.2) is 28.7 Å². The third kappa shape index (κ3) is 8.48. The number of thiazole rings is 1. The van der Waals surface area contributed by atoms with Crippen molar-refractivity contribution in [3.05, 3.63) is 44.9 Å². The minimum Gasteiger partial charge on any atom is -0.361 e. The molecule has 2 saturated heterocycles. The molecule has 2 fully saturated rings. The van der Waals surface area contributed by atoms with Gasteiger partial charge in [0.2, 0.25) is 0 Å². The van der Waals surface area contributed by atoms with E-state index in [1.54, 1.807) is 29.3 Å². The predicted molar refractivity (Wildman–Crippen MR) is 159 cm³/mol. The SMILES string of the molecule is C=N/C(=C\SCNc1ccc(C(=O)N2[C@@H]3CC(C=O)C[C@H]2C3)cn1)c1sc(C)nc1C.CC.CC.CN. The number of nitrogens with one attached hydrogen (secondary N) is 1. The normalized spacial score (nSPS) is 19.4. The summed E-state index contributed by atoms with van der Waals surface area (Å²) in [5.74, 6) is 1.43. The molecule has 4 rings (SSSR count). The van der Waals surface area contributed by atoms with Gasteiger partial charge in [-0.05, 0) is 64.4 Å². The van der Waals surface area contributed by atoms with Gasteiger partial charge in [-0.25, -0.2) is 9.97 Å². The molecule has 204 valence electrons. The highest BCUT2D eigenvalue weighted by molar-refractivity contribution is 8.02. The highest BCUT2D eigenvalue weighted by Gasteiger charge is 2.47. The van der Waals surface area contributed by atoms with E-state index in [0.717, 1.165) is 46.8 Å². The molecule has 3 N–H and O–H groups in total. The number of pyridine rings is 1. The molecule has 0 saturated carbocycles. The van der Waals surface area contributed by atoms with Gasteiger partial charge in [-0.2, -0.15) is 0 Å². The molecule has 2 aromatic rings. The molecule has 4 heterocycles. The molecule has 3 atom stereocenters. The number of fused-ring (bicyclic) bond motifs is 2. The van der Waals surface area contributed by atoms with E-state index >= 15 is 0 Å². The maximum Gasteiger partial charge on any atom is 0.255 e. The van der Waals surface area contributed by atoms with Crippen LogP contribution in [0.1, 0.15) is 72.9 Å². The van der Waals surface area contributed by atoms with Crippen LogP contribution in [0, 0.1) is 19.8 Å². The molecule has 1 amide bonds. The molecule has 2 aromatic heterocycles. The molecule has 10 heteroatoms. The number of nitrogens with zero attached hydrogens (tertiary/aromatic N) is 4. The lowest BCUT2D eigenvalue weighted by Crippen LogP contribution is -2.63. The van der Waals surface area contributed by atoms with E-state index in [1.807, 2.05) is 64.0 Å². The Kier molecular flexibility index (Phi) is 15.0. The number of amides is 1. The standard InChI is InChI=1S/C22H25N5O2S2.2C2H6.CH5N/c1-13-21(31-14(2)26-13)19(23-3)11-30-12-25-20-5-4-16(9-24-20)22(29)27-17-6-15(10-28)7-18(27)8-17;3*1-2/h4-5,9-11,15,17-18H,3,6-8,12H2,1-2H3,(H,24,25);2*1-2H3;2H2,1H3/b19-11-;;;/t15?,17-,18+;;;. The van der Waals surface area contributed by atoms with E-state index in [-0.39, 0.29) is 23.9 Å². The number of nitrogens with two attached hydrogens (primary N) is 1. The van der Waals surface area contributed by atoms with Crippen LogP contribution in [-0.4, -0.2) is 58.8 Å². The molecule has 0 aromatic carbocycles. The Morgan fingerprint density at radius 1 is 1.22 bits per heavy atom. The number of anilines is 1. The minimum atomic E-state index is 0.0128. The Bertz CT molecular complexity index is 1010. The van der Waals surface area contributed by atoms with Gasteiger partial charge in [0.25, 0.3) is 5.91 Å². The summed E-state index contributed by atoms with van der Waals surface area (Å²) >= 11 is 3.17. The number of hydrogen-bond donors (Lipinski definition) is 2. The summed E-state index contributed by atoms with van der Waals surface area (Å²) in [5, 5.41) is 6.22. The summed E-state index contributed by atoms with van der Waals surface area (Å²) in [6, 6.07) is 4.02. The molecule has 0 aliphatic carbocycles. The van der Waals surface area contributed by atoms with Crippen molar-refractivity contribution in [3.8, 4) is 0 Å². The first-order valence-electron chi connectivity index (χ1n) is 12.8. The van der Waals surface area contributed by atoms with Gasteiger partial charge >= 0.3 is 0 Å². The fourth-order valence-electron chi connectivity index (χ4n) is 4.30. The summed E-state index contributed by atoms with van der Waals surface area (Å²) in [7, 11) is 1.50. The van der Waals surface area contributed by atoms with Crippen LogP contribution in [-0.2, 0) is 4.79 Å². The number of carbonyl (C=O) groups excluding carboxylic acids is 2. The summed E-state index contributed by atoms with van der Waals surface area (Å²) < 4.78 is 0. The molecule has 1 unspecified atom stereocenters. The fourth-order valence-corrected chi connectivity index (χ4v) is 5.94. The van der Waals surface area contributed by atoms with Crippen molar-refractivity contribution in [2.45, 2.75) is 72.9 Å². The summed E-state index contributed by atoms with van der Waals surface area (Å²) in [4.78, 5) is 39.8. The molecule has 0 radical (unpaired) electrons. The van der Waals surface area contributed by atoms with Crippen molar-refractivity contribution in [2.75, 3.05) is 18.2 Å². The van der Waals surface area contributed by atoms with Crippen molar-refractivity contribution in [2.24, 2.45) is 16.6 Å². The zero-order valence-electron chi connectivity index (χ0n) is 23.2. The first kappa shape index (κ1) is 32.5. The monoisotopic (exact) mass is 546 g/mol. The molecule has 2 bridgehead atoms. The first-order valence-corrected chi connectivity index (χ1v) is 14.6. The lowest BCUT2D eigenvalue weighted by molar-refractivity contribution is -0.117. The van der Waals surface area contributed by atoms with E-state index in [0.29, 0.717) is 17.3 Å². The van der Waals surface area contributed by atoms with Gasteiger partial charge in [-0.1, -0.05) is 27.7 Å². The number of thioether (sulfide) groups is 1. The largest absolute Gasteiger partial charge is 0.361 e. The van der Waals surface area contributed by atoms with Crippen molar-refractivity contribution in [1.29, 1.82) is 0 Å². The molecular weight excluding hydrogens is 504 g/mol. The van der Waals surface area contributed by atoms with Gasteiger partial charge in [0.15, 0.2) is 0 Å². The zero-order valence-corrected chi connectivity index (χ0v) is 24.8. The predicted octanol–water partition coefficient (Wildman–Crippen LogP) is 5.78. The number of aryl methyl sites for hydroxylation is 2. The van der Waals surface area contributed by atoms with Gasteiger partial charge < -0.3 is 20.7 Å². The van der Waals surface area contributed by atoms with Crippen molar-refractivity contribution in [3.63, 3.8) is 0 Å². The average Bonchev–Trinajstić information content (AvgIpc) is 3.29. The Morgan fingerprint density at radius 3 is 2.35 bits per heavy atom. The number of rotatable bonds is 8. The molecule has 2 aliphatic rings. The minimum absolute atomic E-state index is 0.0128. The van der Waals surface area contributed by atoms with Crippen LogP contribution in [0.25, 0.3) is 5.70 Å². The fraction of sp³-hybridized carbons (Fsp3) is 0.519. The Morgan fingerprint density at radius 2 is 1.86 bits per heavy atom. The summed E-state index contributed by atoms with van der Waals surface area (Å²) in [6.45, 7) is 15.6. The number of carbonyl (C=O) groups is 2. The van der Waals surface area contributed by atoms with E-state index in [4.69, 9.17) is 0 Å². The maximum absolute atomic E-state index is 12.8. The van der Waals surface area contributed by atoms with Crippen LogP contribution in [0.4, 0.5) is 5.82 Å². The van der Waals surface area contributed by atoms with Crippen LogP contribution < -0.4 is 11.1 Å². The number of aromatic nitrogens is 2. The highest BCUT2D eigenvalue weighted by Crippen LogP contribution is 2.41. The maximum atomic E-state index is 12.8. The number of piperidine rings is 1. The van der Waals surface area contributed by atoms with Crippen molar-refractivity contribution < 1.29 is 9.59 Å². The summed E-state index contributed by atoms with van der Waals surface area (Å²) in [6.07, 6.45) is 5.23. The lowest BCUT2D eigenvalue weighted by Gasteiger charge is -2.54. The molecule has 0 spiro atoms. The topological polar surface area (TPSA) is 114 Å². The van der Waals surface area contributed by atoms with Crippen molar-refractivity contribution >= 4 is 53.5 Å². The lowest BCUT2D eigenvalue weighted by atomic mass is 9.74. The molecule has 37 heavy (non-hydrogen) atoms. The smallest absolute Gasteiger partial charge is 0.255 e. The van der Waals surface area contributed by atoms with E-state index in [9.17, 15) is 9.59 Å². The van der Waals surface area contributed by atoms with Crippen LogP contribution in [0.2, 0.25) is 0 Å². The molecular formula is C27H42N6O2S2. The van der Waals surface area contributed by atoms with Crippen LogP contribution >= 0.6 is 23.1 Å². The Hall–Kier alpha value is -2.56. The molecule has 8 nitrogen and oxygen atoms in total. The summed E-state index contributed by atoms with van der Waals surface area (Å²) in [5.41, 5.74) is 6.87. The number of hydrogen-bond acceptors (Lipinski definition) is 9. The van der Waals surface area contributed by atoms with Gasteiger partial charge in [-0.3, -0.25) is 9.79 Å². The van der Waals surface area contributed by atoms with E-state index in [1.165, 1.54) is 7.05 Å². The van der Waals surface area contributed by atoms with E-state index < -0.39 is 0 Å². The second-order valence-corrected chi connectivity index (χ2v) is 9.91. The van der Waals surface area contributed by atoms with Gasteiger partial charge in [0.1, 0.15) is 12.1 Å². The second-order valence-electron chi connectivity index (χ2n) is 7.85. The zero-order chi connectivity index (χ0) is 28.0. The van der Waals surface area contributed by atoms with Gasteiger partial charge in [-0.15, -0.1) is 23.1 Å². The third-order valence-electron chi connectivity index (χ3n) is 5.76. The van der Waals surface area contributed by atoms with Crippen molar-refractivity contribution in [1.82, 2.24) is 14.9 Å². The third-order valence-corrected chi connectivity index (χ3v) is 7.55. The second kappa shape index (κ2) is 17.0. The van der Waals surface area contributed by atoms with Gasteiger partial charge in [0.05, 0.1) is 32.7 Å². The van der Waals surface area contributed by atoms with Crippen LogP contribution in [0.5, 0.6) is 0 Å². The number of aliphatic imine (C=N–C) groups is 1. The van der Waals surface area contributed by atoms with Crippen LogP contribution in [0.3, 0.4) is 0 Å². The Balaban J connectivity index is 0.00000106. The molecule has 2 aliphatic heterocycles. The Labute approximate surface area is 230 Å². The average molecular weight is 547 g/mol. The first-order chi connectivity index (χ1) is 18.0.